The predicted octanol–water partition coefficient (Wildman–Crippen LogP) is 10.6. The summed E-state index contributed by atoms with van der Waals surface area (Å²) in [4.78, 5) is 10.5. The molecular weight excluding hydrogens is 388 g/mol. The first-order valence-corrected chi connectivity index (χ1v) is 10.4. The van der Waals surface area contributed by atoms with Gasteiger partial charge in [-0.2, -0.15) is 0 Å². The van der Waals surface area contributed by atoms with E-state index < -0.39 is 0 Å². The van der Waals surface area contributed by atoms with Crippen molar-refractivity contribution in [2.75, 3.05) is 0 Å². The maximum Gasteiger partial charge on any atom is 0.152 e. The van der Waals surface area contributed by atoms with Gasteiger partial charge in [-0.3, -0.25) is 4.79 Å². The van der Waals surface area contributed by atoms with E-state index >= 15 is 0 Å². The first-order valence-electron chi connectivity index (χ1n) is 10.4. The predicted molar refractivity (Wildman–Crippen MR) is 157 cm³/mol. The van der Waals surface area contributed by atoms with Crippen LogP contribution in [0.4, 0.5) is 0 Å². The Hall–Kier alpha value is -3.19. The van der Waals surface area contributed by atoms with Crippen molar-refractivity contribution in [3.8, 4) is 0 Å². The zero-order chi connectivity index (χ0) is 27.1. The molecule has 0 radical (unpaired) electrons. The first-order chi connectivity index (χ1) is 15.2. The number of hydrogen-bond acceptors (Lipinski definition) is 1. The van der Waals surface area contributed by atoms with Crippen molar-refractivity contribution in [3.63, 3.8) is 0 Å². The lowest BCUT2D eigenvalue weighted by atomic mass is 10.2. The summed E-state index contributed by atoms with van der Waals surface area (Å²) in [6.45, 7) is 38.3. The Bertz CT molecular complexity index is 472. The van der Waals surface area contributed by atoms with Gasteiger partial charge in [-0.15, -0.1) is 46.1 Å². The Morgan fingerprint density at radius 1 is 0.562 bits per heavy atom. The molecule has 1 rings (SSSR count). The standard InChI is InChI=1S/C10H10O.7C3H6/c1-9(11)7-8-10-5-3-2-4-6-10;7*1-3-2/h2-8H,1H3;7*3H,1H2,2H3/b8-7+;;;;;;;. The smallest absolute Gasteiger partial charge is 0.152 e. The van der Waals surface area contributed by atoms with Crippen molar-refractivity contribution >= 4 is 11.9 Å². The Labute approximate surface area is 202 Å². The second-order valence-electron chi connectivity index (χ2n) is 5.21. The Kier molecular flexibility index (Phi) is 104. The highest BCUT2D eigenvalue weighted by Crippen LogP contribution is 2.00. The van der Waals surface area contributed by atoms with E-state index in [1.54, 1.807) is 55.5 Å². The molecule has 0 spiro atoms. The van der Waals surface area contributed by atoms with Gasteiger partial charge in [-0.1, -0.05) is 78.9 Å². The molecule has 0 unspecified atom stereocenters. The van der Waals surface area contributed by atoms with Gasteiger partial charge in [0.1, 0.15) is 0 Å². The number of allylic oxidation sites excluding steroid dienone is 8. The summed E-state index contributed by atoms with van der Waals surface area (Å²) in [6.07, 6.45) is 15.6. The summed E-state index contributed by atoms with van der Waals surface area (Å²) >= 11 is 0. The summed E-state index contributed by atoms with van der Waals surface area (Å²) in [5.74, 6) is 0.0776. The second kappa shape index (κ2) is 70.7. The highest BCUT2D eigenvalue weighted by molar-refractivity contribution is 5.91. The minimum absolute atomic E-state index is 0.0776. The van der Waals surface area contributed by atoms with E-state index in [1.807, 2.05) is 84.9 Å². The highest BCUT2D eigenvalue weighted by Gasteiger charge is 1.83. The van der Waals surface area contributed by atoms with E-state index in [1.165, 1.54) is 0 Å². The van der Waals surface area contributed by atoms with Crippen LogP contribution in [0.3, 0.4) is 0 Å². The van der Waals surface area contributed by atoms with Crippen LogP contribution < -0.4 is 0 Å². The molecular formula is C31H52O. The van der Waals surface area contributed by atoms with Crippen molar-refractivity contribution in [2.45, 2.75) is 55.4 Å². The van der Waals surface area contributed by atoms with E-state index in [0.717, 1.165) is 5.56 Å². The Morgan fingerprint density at radius 2 is 0.781 bits per heavy atom. The summed E-state index contributed by atoms with van der Waals surface area (Å²) in [5.41, 5.74) is 1.06. The topological polar surface area (TPSA) is 17.1 Å². The van der Waals surface area contributed by atoms with Crippen molar-refractivity contribution in [1.82, 2.24) is 0 Å². The third-order valence-corrected chi connectivity index (χ3v) is 1.31. The van der Waals surface area contributed by atoms with E-state index in [9.17, 15) is 4.79 Å². The van der Waals surface area contributed by atoms with E-state index in [0.29, 0.717) is 0 Å². The van der Waals surface area contributed by atoms with Gasteiger partial charge in [-0.05, 0) is 67.0 Å². The van der Waals surface area contributed by atoms with E-state index in [-0.39, 0.29) is 5.78 Å². The fourth-order valence-corrected chi connectivity index (χ4v) is 0.778. The molecule has 0 heterocycles. The number of ketones is 1. The van der Waals surface area contributed by atoms with Crippen LogP contribution in [0.15, 0.2) is 125 Å². The molecule has 0 amide bonds. The molecule has 0 aliphatic carbocycles. The van der Waals surface area contributed by atoms with Gasteiger partial charge < -0.3 is 0 Å². The monoisotopic (exact) mass is 440 g/mol. The maximum absolute atomic E-state index is 10.5. The third-order valence-electron chi connectivity index (χ3n) is 1.31. The van der Waals surface area contributed by atoms with Crippen LogP contribution >= 0.6 is 0 Å². The third kappa shape index (κ3) is 186. The molecule has 0 aliphatic heterocycles. The lowest BCUT2D eigenvalue weighted by Gasteiger charge is -1.88. The van der Waals surface area contributed by atoms with E-state index in [4.69, 9.17) is 0 Å². The summed E-state index contributed by atoms with van der Waals surface area (Å²) in [7, 11) is 0. The fraction of sp³-hybridized carbons (Fsp3) is 0.258. The molecule has 1 aromatic rings. The van der Waals surface area contributed by atoms with Crippen molar-refractivity contribution in [1.29, 1.82) is 0 Å². The van der Waals surface area contributed by atoms with Crippen molar-refractivity contribution in [2.24, 2.45) is 0 Å². The normalized spacial score (nSPS) is 6.38. The molecule has 1 nitrogen and oxygen atoms in total. The summed E-state index contributed by atoms with van der Waals surface area (Å²) < 4.78 is 0. The lowest BCUT2D eigenvalue weighted by molar-refractivity contribution is -0.112. The average molecular weight is 441 g/mol. The van der Waals surface area contributed by atoms with Crippen LogP contribution in [-0.4, -0.2) is 5.78 Å². The maximum atomic E-state index is 10.5. The highest BCUT2D eigenvalue weighted by atomic mass is 16.1. The van der Waals surface area contributed by atoms with Crippen LogP contribution in [0.25, 0.3) is 6.08 Å². The summed E-state index contributed by atoms with van der Waals surface area (Å²) in [5, 5.41) is 0. The molecule has 0 aromatic heterocycles. The minimum Gasteiger partial charge on any atom is -0.295 e. The minimum atomic E-state index is 0.0776. The second-order valence-corrected chi connectivity index (χ2v) is 5.21. The molecule has 0 atom stereocenters. The van der Waals surface area contributed by atoms with Gasteiger partial charge >= 0.3 is 0 Å². The molecule has 0 bridgehead atoms. The largest absolute Gasteiger partial charge is 0.295 e. The van der Waals surface area contributed by atoms with Crippen LogP contribution in [0.2, 0.25) is 0 Å². The zero-order valence-electron chi connectivity index (χ0n) is 22.4. The van der Waals surface area contributed by atoms with Crippen molar-refractivity contribution < 1.29 is 4.79 Å². The molecule has 0 aliphatic rings. The molecule has 1 heteroatoms. The van der Waals surface area contributed by atoms with Crippen LogP contribution in [0.1, 0.15) is 61.0 Å². The molecule has 0 saturated heterocycles. The average Bonchev–Trinajstić information content (AvgIpc) is 2.72. The zero-order valence-corrected chi connectivity index (χ0v) is 22.4. The molecule has 1 aromatic carbocycles. The van der Waals surface area contributed by atoms with Gasteiger partial charge in [0.15, 0.2) is 5.78 Å². The molecule has 0 fully saturated rings. The van der Waals surface area contributed by atoms with E-state index in [2.05, 4.69) is 46.1 Å². The van der Waals surface area contributed by atoms with Gasteiger partial charge in [0.05, 0.1) is 0 Å². The summed E-state index contributed by atoms with van der Waals surface area (Å²) in [6, 6.07) is 9.75. The fourth-order valence-electron chi connectivity index (χ4n) is 0.778. The van der Waals surface area contributed by atoms with Gasteiger partial charge in [0.2, 0.25) is 0 Å². The number of rotatable bonds is 2. The molecule has 0 saturated carbocycles. The first kappa shape index (κ1) is 46.8. The molecule has 0 N–H and O–H groups in total. The number of hydrogen-bond donors (Lipinski definition) is 0. The van der Waals surface area contributed by atoms with Crippen LogP contribution in [0.5, 0.6) is 0 Å². The van der Waals surface area contributed by atoms with Crippen LogP contribution in [0, 0.1) is 0 Å². The van der Waals surface area contributed by atoms with Crippen LogP contribution in [-0.2, 0) is 4.79 Å². The SMILES string of the molecule is C=CC.C=CC.C=CC.C=CC.C=CC.C=CC.C=CC.CC(=O)/C=C/c1ccccc1. The number of benzene rings is 1. The number of carbonyl (C=O) groups excluding carboxylic acids is 1. The molecule has 32 heavy (non-hydrogen) atoms. The Balaban J connectivity index is -0.0000000503. The van der Waals surface area contributed by atoms with Gasteiger partial charge in [0, 0.05) is 0 Å². The van der Waals surface area contributed by atoms with Gasteiger partial charge in [-0.25, -0.2) is 0 Å². The Morgan fingerprint density at radius 3 is 0.969 bits per heavy atom. The van der Waals surface area contributed by atoms with Crippen molar-refractivity contribution in [3.05, 3.63) is 131 Å². The molecule has 182 valence electrons. The quantitative estimate of drug-likeness (QED) is 0.330. The number of carbonyl (C=O) groups is 1. The van der Waals surface area contributed by atoms with Gasteiger partial charge in [0.25, 0.3) is 0 Å². The lowest BCUT2D eigenvalue weighted by Crippen LogP contribution is -1.79.